The number of hydrogen-bond acceptors (Lipinski definition) is 6. The lowest BCUT2D eigenvalue weighted by Crippen LogP contribution is -2.38. The first-order valence-corrected chi connectivity index (χ1v) is 14.9. The lowest BCUT2D eigenvalue weighted by molar-refractivity contribution is -0.145. The molecule has 0 aliphatic carbocycles. The minimum atomic E-state index is -3.63. The van der Waals surface area contributed by atoms with E-state index >= 15 is 0 Å². The van der Waals surface area contributed by atoms with E-state index < -0.39 is 15.8 Å². The van der Waals surface area contributed by atoms with Crippen molar-refractivity contribution in [2.45, 2.75) is 64.2 Å². The molecule has 1 aliphatic rings. The molecule has 0 amide bonds. The molecule has 0 N–H and O–H groups in total. The van der Waals surface area contributed by atoms with E-state index in [1.54, 1.807) is 19.1 Å². The first-order valence-electron chi connectivity index (χ1n) is 12.4. The van der Waals surface area contributed by atoms with Gasteiger partial charge in [0.25, 0.3) is 0 Å². The van der Waals surface area contributed by atoms with Crippen molar-refractivity contribution in [1.29, 1.82) is 0 Å². The molecule has 6 nitrogen and oxygen atoms in total. The second-order valence-electron chi connectivity index (χ2n) is 9.23. The molecule has 0 radical (unpaired) electrons. The number of halogens is 1. The van der Waals surface area contributed by atoms with Gasteiger partial charge in [-0.05, 0) is 53.9 Å². The van der Waals surface area contributed by atoms with Gasteiger partial charge in [-0.3, -0.25) is 0 Å². The predicted molar refractivity (Wildman–Crippen MR) is 143 cm³/mol. The van der Waals surface area contributed by atoms with Gasteiger partial charge in [0.2, 0.25) is 0 Å². The highest BCUT2D eigenvalue weighted by Crippen LogP contribution is 2.47. The molecule has 1 aliphatic heterocycles. The summed E-state index contributed by atoms with van der Waals surface area (Å²) in [5, 5.41) is 0. The van der Waals surface area contributed by atoms with Crippen LogP contribution in [0.25, 0.3) is 0 Å². The number of unbranched alkanes of at least 4 members (excludes halogenated alkanes) is 2. The lowest BCUT2D eigenvalue weighted by Gasteiger charge is -2.37. The van der Waals surface area contributed by atoms with Crippen LogP contribution in [-0.4, -0.2) is 39.9 Å². The Balaban J connectivity index is 2.14. The van der Waals surface area contributed by atoms with E-state index in [4.69, 9.17) is 9.47 Å². The third-order valence-electron chi connectivity index (χ3n) is 6.47. The van der Waals surface area contributed by atoms with Gasteiger partial charge < -0.3 is 14.4 Å². The zero-order valence-corrected chi connectivity index (χ0v) is 23.3. The largest absolute Gasteiger partial charge is 0.481 e. The summed E-state index contributed by atoms with van der Waals surface area (Å²) in [5.41, 5.74) is 1.22. The van der Waals surface area contributed by atoms with E-state index in [2.05, 4.69) is 34.7 Å². The number of sulfone groups is 1. The lowest BCUT2D eigenvalue weighted by atomic mass is 9.79. The van der Waals surface area contributed by atoms with Crippen molar-refractivity contribution in [1.82, 2.24) is 0 Å². The van der Waals surface area contributed by atoms with Crippen LogP contribution in [-0.2, 0) is 19.4 Å². The fourth-order valence-electron chi connectivity index (χ4n) is 4.75. The van der Waals surface area contributed by atoms with E-state index in [0.717, 1.165) is 44.2 Å². The van der Waals surface area contributed by atoms with Crippen LogP contribution in [0.1, 0.15) is 59.3 Å². The summed E-state index contributed by atoms with van der Waals surface area (Å²) >= 11 is 3.54. The highest BCUT2D eigenvalue weighted by Gasteiger charge is 2.42. The minimum Gasteiger partial charge on any atom is -0.481 e. The molecule has 0 saturated carbocycles. The SMILES string of the molecule is CCCCC1(CCCC)CN(c2ccccc2)c2cc(Br)c(OCC(=O)OCC)cc2S(=O)(=O)C1. The van der Waals surface area contributed by atoms with Crippen molar-refractivity contribution in [3.63, 3.8) is 0 Å². The number of para-hydroxylation sites is 1. The number of nitrogens with zero attached hydrogens (tertiary/aromatic N) is 1. The molecule has 0 saturated heterocycles. The van der Waals surface area contributed by atoms with Crippen molar-refractivity contribution >= 4 is 43.1 Å². The number of esters is 1. The number of hydrogen-bond donors (Lipinski definition) is 0. The standard InChI is InChI=1S/C27H36BrNO5S/c1-4-7-14-27(15-8-5-2)19-29(21-12-10-9-11-13-21)23-16-22(28)24(34-18-26(30)33-6-3)17-25(23)35(31,32)20-27/h9-13,16-17H,4-8,14-15,18-20H2,1-3H3. The number of fused-ring (bicyclic) bond motifs is 1. The zero-order valence-electron chi connectivity index (χ0n) is 20.9. The third kappa shape index (κ3) is 6.79. The number of carbonyl (C=O) groups is 1. The molecule has 0 unspecified atom stereocenters. The average molecular weight is 567 g/mol. The third-order valence-corrected chi connectivity index (χ3v) is 9.08. The molecule has 1 heterocycles. The van der Waals surface area contributed by atoms with Gasteiger partial charge in [-0.1, -0.05) is 57.7 Å². The minimum absolute atomic E-state index is 0.0925. The maximum Gasteiger partial charge on any atom is 0.344 e. The summed E-state index contributed by atoms with van der Waals surface area (Å²) in [5.74, 6) is -0.0980. The van der Waals surface area contributed by atoms with Gasteiger partial charge in [-0.15, -0.1) is 0 Å². The molecule has 2 aromatic rings. The fourth-order valence-corrected chi connectivity index (χ4v) is 7.31. The molecule has 0 atom stereocenters. The maximum atomic E-state index is 13.9. The summed E-state index contributed by atoms with van der Waals surface area (Å²) in [6.45, 7) is 6.61. The van der Waals surface area contributed by atoms with Crippen LogP contribution in [0.4, 0.5) is 11.4 Å². The Bertz CT molecular complexity index is 1100. The van der Waals surface area contributed by atoms with E-state index in [1.165, 1.54) is 0 Å². The predicted octanol–water partition coefficient (Wildman–Crippen LogP) is 6.68. The van der Waals surface area contributed by atoms with Gasteiger partial charge in [0.05, 0.1) is 27.4 Å². The molecule has 35 heavy (non-hydrogen) atoms. The molecule has 8 heteroatoms. The van der Waals surface area contributed by atoms with Gasteiger partial charge in [0.15, 0.2) is 16.4 Å². The summed E-state index contributed by atoms with van der Waals surface area (Å²) < 4.78 is 39.1. The summed E-state index contributed by atoms with van der Waals surface area (Å²) in [6, 6.07) is 13.3. The Labute approximate surface area is 218 Å². The monoisotopic (exact) mass is 565 g/mol. The number of rotatable bonds is 11. The summed E-state index contributed by atoms with van der Waals surface area (Å²) in [7, 11) is -3.63. The van der Waals surface area contributed by atoms with Crippen LogP contribution in [0.3, 0.4) is 0 Å². The molecule has 0 fully saturated rings. The van der Waals surface area contributed by atoms with Crippen LogP contribution < -0.4 is 9.64 Å². The number of ether oxygens (including phenoxy) is 2. The second kappa shape index (κ2) is 12.3. The number of anilines is 2. The van der Waals surface area contributed by atoms with Gasteiger partial charge in [-0.2, -0.15) is 0 Å². The zero-order chi connectivity index (χ0) is 25.5. The Morgan fingerprint density at radius 2 is 1.71 bits per heavy atom. The normalized spacial score (nSPS) is 16.3. The average Bonchev–Trinajstić information content (AvgIpc) is 2.93. The van der Waals surface area contributed by atoms with Crippen molar-refractivity contribution in [2.75, 3.05) is 30.4 Å². The summed E-state index contributed by atoms with van der Waals surface area (Å²) in [6.07, 6.45) is 5.71. The fraction of sp³-hybridized carbons (Fsp3) is 0.519. The highest BCUT2D eigenvalue weighted by molar-refractivity contribution is 9.10. The molecule has 3 rings (SSSR count). The maximum absolute atomic E-state index is 13.9. The van der Waals surface area contributed by atoms with Crippen molar-refractivity contribution in [2.24, 2.45) is 5.41 Å². The topological polar surface area (TPSA) is 72.9 Å². The number of benzene rings is 2. The van der Waals surface area contributed by atoms with Crippen LogP contribution in [0.2, 0.25) is 0 Å². The molecule has 0 spiro atoms. The number of carbonyl (C=O) groups excluding carboxylic acids is 1. The molecular formula is C27H36BrNO5S. The Kier molecular flexibility index (Phi) is 9.64. The Morgan fingerprint density at radius 1 is 1.06 bits per heavy atom. The van der Waals surface area contributed by atoms with Crippen LogP contribution in [0, 0.1) is 5.41 Å². The van der Waals surface area contributed by atoms with Crippen LogP contribution >= 0.6 is 15.9 Å². The van der Waals surface area contributed by atoms with Crippen LogP contribution in [0.15, 0.2) is 51.8 Å². The first-order chi connectivity index (χ1) is 16.7. The van der Waals surface area contributed by atoms with Crippen molar-refractivity contribution in [3.05, 3.63) is 46.9 Å². The molecule has 192 valence electrons. The molecular weight excluding hydrogens is 530 g/mol. The van der Waals surface area contributed by atoms with E-state index in [-0.39, 0.29) is 29.3 Å². The van der Waals surface area contributed by atoms with Crippen LogP contribution in [0.5, 0.6) is 5.75 Å². The Morgan fingerprint density at radius 3 is 2.31 bits per heavy atom. The smallest absolute Gasteiger partial charge is 0.344 e. The van der Waals surface area contributed by atoms with Crippen molar-refractivity contribution in [3.8, 4) is 5.75 Å². The molecule has 0 aromatic heterocycles. The Hall–Kier alpha value is -2.06. The quantitative estimate of drug-likeness (QED) is 0.283. The highest BCUT2D eigenvalue weighted by atomic mass is 79.9. The second-order valence-corrected chi connectivity index (χ2v) is 12.0. The van der Waals surface area contributed by atoms with Gasteiger partial charge >= 0.3 is 5.97 Å². The van der Waals surface area contributed by atoms with E-state index in [0.29, 0.717) is 22.5 Å². The molecule has 2 aromatic carbocycles. The van der Waals surface area contributed by atoms with Gasteiger partial charge in [-0.25, -0.2) is 13.2 Å². The van der Waals surface area contributed by atoms with Gasteiger partial charge in [0, 0.05) is 23.7 Å². The molecule has 0 bridgehead atoms. The van der Waals surface area contributed by atoms with E-state index in [9.17, 15) is 13.2 Å². The first kappa shape index (κ1) is 27.5. The summed E-state index contributed by atoms with van der Waals surface area (Å²) in [4.78, 5) is 14.2. The van der Waals surface area contributed by atoms with Crippen molar-refractivity contribution < 1.29 is 22.7 Å². The van der Waals surface area contributed by atoms with E-state index in [1.807, 2.05) is 30.3 Å². The van der Waals surface area contributed by atoms with Gasteiger partial charge in [0.1, 0.15) is 5.75 Å².